The van der Waals surface area contributed by atoms with Gasteiger partial charge in [0.1, 0.15) is 5.82 Å². The molecule has 17 heavy (non-hydrogen) atoms. The predicted octanol–water partition coefficient (Wildman–Crippen LogP) is 3.96. The summed E-state index contributed by atoms with van der Waals surface area (Å²) in [6.07, 6.45) is 3.19. The van der Waals surface area contributed by atoms with E-state index in [4.69, 9.17) is 11.6 Å². The van der Waals surface area contributed by atoms with Crippen LogP contribution in [0.15, 0.2) is 18.2 Å². The number of aliphatic hydroxyl groups is 1. The molecule has 1 fully saturated rings. The summed E-state index contributed by atoms with van der Waals surface area (Å²) in [7, 11) is 0. The van der Waals surface area contributed by atoms with Gasteiger partial charge in [0, 0.05) is 6.42 Å². The molecular weight excluding hydrogens is 239 g/mol. The van der Waals surface area contributed by atoms with Gasteiger partial charge < -0.3 is 5.11 Å². The van der Waals surface area contributed by atoms with Crippen molar-refractivity contribution in [3.63, 3.8) is 0 Å². The molecule has 0 spiro atoms. The summed E-state index contributed by atoms with van der Waals surface area (Å²) in [5.41, 5.74) is -0.211. The molecule has 0 radical (unpaired) electrons. The van der Waals surface area contributed by atoms with Crippen LogP contribution in [0.5, 0.6) is 0 Å². The first kappa shape index (κ1) is 12.8. The SMILES string of the molecule is CC1(C)CCCC1(O)Cc1cccc(F)c1Cl. The Kier molecular flexibility index (Phi) is 3.21. The Labute approximate surface area is 107 Å². The Hall–Kier alpha value is -0.600. The monoisotopic (exact) mass is 256 g/mol. The van der Waals surface area contributed by atoms with E-state index in [2.05, 4.69) is 13.8 Å². The van der Waals surface area contributed by atoms with E-state index in [1.165, 1.54) is 6.07 Å². The molecule has 1 aromatic rings. The summed E-state index contributed by atoms with van der Waals surface area (Å²) in [5.74, 6) is -0.413. The van der Waals surface area contributed by atoms with Gasteiger partial charge in [-0.15, -0.1) is 0 Å². The van der Waals surface area contributed by atoms with Crippen LogP contribution in [-0.4, -0.2) is 10.7 Å². The summed E-state index contributed by atoms with van der Waals surface area (Å²) in [6, 6.07) is 4.77. The van der Waals surface area contributed by atoms with Crippen LogP contribution >= 0.6 is 11.6 Å². The third kappa shape index (κ3) is 2.21. The molecule has 3 heteroatoms. The number of rotatable bonds is 2. The third-order valence-electron chi connectivity index (χ3n) is 4.17. The van der Waals surface area contributed by atoms with Crippen molar-refractivity contribution in [2.75, 3.05) is 0 Å². The first-order valence-corrected chi connectivity index (χ1v) is 6.39. The van der Waals surface area contributed by atoms with E-state index in [1.54, 1.807) is 12.1 Å². The number of halogens is 2. The fourth-order valence-electron chi connectivity index (χ4n) is 2.72. The molecular formula is C14H18ClFO. The quantitative estimate of drug-likeness (QED) is 0.849. The molecule has 1 atom stereocenters. The normalized spacial score (nSPS) is 27.4. The topological polar surface area (TPSA) is 20.2 Å². The zero-order valence-electron chi connectivity index (χ0n) is 10.3. The molecule has 1 N–H and O–H groups in total. The van der Waals surface area contributed by atoms with Crippen LogP contribution in [0.25, 0.3) is 0 Å². The van der Waals surface area contributed by atoms with Gasteiger partial charge in [-0.05, 0) is 36.3 Å². The Balaban J connectivity index is 2.29. The Morgan fingerprint density at radius 1 is 1.35 bits per heavy atom. The number of benzene rings is 1. The summed E-state index contributed by atoms with van der Waals surface area (Å²) in [6.45, 7) is 4.13. The molecule has 0 amide bonds. The lowest BCUT2D eigenvalue weighted by atomic mass is 9.74. The fourth-order valence-corrected chi connectivity index (χ4v) is 2.91. The third-order valence-corrected chi connectivity index (χ3v) is 4.59. The van der Waals surface area contributed by atoms with E-state index >= 15 is 0 Å². The van der Waals surface area contributed by atoms with Crippen LogP contribution < -0.4 is 0 Å². The second kappa shape index (κ2) is 4.25. The van der Waals surface area contributed by atoms with Gasteiger partial charge in [-0.25, -0.2) is 4.39 Å². The molecule has 0 saturated heterocycles. The maximum absolute atomic E-state index is 13.4. The second-order valence-corrected chi connectivity index (χ2v) is 6.04. The molecule has 0 aliphatic heterocycles. The summed E-state index contributed by atoms with van der Waals surface area (Å²) < 4.78 is 13.4. The highest BCUT2D eigenvalue weighted by Crippen LogP contribution is 2.48. The maximum Gasteiger partial charge on any atom is 0.142 e. The van der Waals surface area contributed by atoms with Gasteiger partial charge in [0.25, 0.3) is 0 Å². The lowest BCUT2D eigenvalue weighted by molar-refractivity contribution is -0.0419. The molecule has 0 heterocycles. The molecule has 2 rings (SSSR count). The van der Waals surface area contributed by atoms with Crippen LogP contribution in [0.2, 0.25) is 5.02 Å². The van der Waals surface area contributed by atoms with Crippen molar-refractivity contribution in [2.45, 2.75) is 45.1 Å². The van der Waals surface area contributed by atoms with Crippen LogP contribution in [0.3, 0.4) is 0 Å². The molecule has 0 aromatic heterocycles. The average Bonchev–Trinajstić information content (AvgIpc) is 2.49. The number of hydrogen-bond donors (Lipinski definition) is 1. The second-order valence-electron chi connectivity index (χ2n) is 5.66. The van der Waals surface area contributed by atoms with Crippen molar-refractivity contribution in [1.82, 2.24) is 0 Å². The molecule has 1 nitrogen and oxygen atoms in total. The summed E-state index contributed by atoms with van der Waals surface area (Å²) in [4.78, 5) is 0. The van der Waals surface area contributed by atoms with Gasteiger partial charge in [-0.1, -0.05) is 37.6 Å². The molecule has 1 aromatic carbocycles. The Morgan fingerprint density at radius 2 is 2.06 bits per heavy atom. The van der Waals surface area contributed by atoms with Crippen molar-refractivity contribution >= 4 is 11.6 Å². The molecule has 94 valence electrons. The standard InChI is InChI=1S/C14H18ClFO/c1-13(2)7-4-8-14(13,17)9-10-5-3-6-11(16)12(10)15/h3,5-6,17H,4,7-9H2,1-2H3. The van der Waals surface area contributed by atoms with Crippen molar-refractivity contribution in [3.05, 3.63) is 34.6 Å². The molecule has 1 unspecified atom stereocenters. The van der Waals surface area contributed by atoms with Gasteiger partial charge in [0.05, 0.1) is 10.6 Å². The van der Waals surface area contributed by atoms with Gasteiger partial charge in [-0.2, -0.15) is 0 Å². The fraction of sp³-hybridized carbons (Fsp3) is 0.571. The first-order valence-electron chi connectivity index (χ1n) is 6.01. The maximum atomic E-state index is 13.4. The average molecular weight is 257 g/mol. The van der Waals surface area contributed by atoms with Crippen molar-refractivity contribution < 1.29 is 9.50 Å². The van der Waals surface area contributed by atoms with E-state index in [-0.39, 0.29) is 10.4 Å². The first-order chi connectivity index (χ1) is 7.86. The van der Waals surface area contributed by atoms with Crippen LogP contribution in [0.4, 0.5) is 4.39 Å². The van der Waals surface area contributed by atoms with E-state index in [0.717, 1.165) is 19.3 Å². The smallest absolute Gasteiger partial charge is 0.142 e. The highest BCUT2D eigenvalue weighted by Gasteiger charge is 2.47. The van der Waals surface area contributed by atoms with E-state index in [0.29, 0.717) is 12.0 Å². The van der Waals surface area contributed by atoms with Gasteiger partial charge in [-0.3, -0.25) is 0 Å². The number of hydrogen-bond acceptors (Lipinski definition) is 1. The van der Waals surface area contributed by atoms with Gasteiger partial charge in [0.2, 0.25) is 0 Å². The molecule has 0 bridgehead atoms. The highest BCUT2D eigenvalue weighted by atomic mass is 35.5. The zero-order chi connectivity index (χ0) is 12.7. The van der Waals surface area contributed by atoms with E-state index < -0.39 is 11.4 Å². The molecule has 1 aliphatic rings. The van der Waals surface area contributed by atoms with Crippen molar-refractivity contribution in [3.8, 4) is 0 Å². The summed E-state index contributed by atoms with van der Waals surface area (Å²) in [5, 5.41) is 10.8. The van der Waals surface area contributed by atoms with Crippen molar-refractivity contribution in [2.24, 2.45) is 5.41 Å². The highest BCUT2D eigenvalue weighted by molar-refractivity contribution is 6.31. The largest absolute Gasteiger partial charge is 0.389 e. The van der Waals surface area contributed by atoms with Gasteiger partial charge >= 0.3 is 0 Å². The Bertz CT molecular complexity index is 430. The lowest BCUT2D eigenvalue weighted by Crippen LogP contribution is -2.41. The lowest BCUT2D eigenvalue weighted by Gasteiger charge is -2.37. The molecule has 1 aliphatic carbocycles. The van der Waals surface area contributed by atoms with Gasteiger partial charge in [0.15, 0.2) is 0 Å². The van der Waals surface area contributed by atoms with E-state index in [1.807, 2.05) is 0 Å². The van der Waals surface area contributed by atoms with Crippen LogP contribution in [-0.2, 0) is 6.42 Å². The predicted molar refractivity (Wildman–Crippen MR) is 67.7 cm³/mol. The zero-order valence-corrected chi connectivity index (χ0v) is 11.0. The van der Waals surface area contributed by atoms with Crippen molar-refractivity contribution in [1.29, 1.82) is 0 Å². The minimum Gasteiger partial charge on any atom is -0.389 e. The minimum absolute atomic E-state index is 0.136. The molecule has 1 saturated carbocycles. The minimum atomic E-state index is -0.773. The Morgan fingerprint density at radius 3 is 2.65 bits per heavy atom. The van der Waals surface area contributed by atoms with E-state index in [9.17, 15) is 9.50 Å². The van der Waals surface area contributed by atoms with Crippen LogP contribution in [0, 0.1) is 11.2 Å². The van der Waals surface area contributed by atoms with Crippen LogP contribution in [0.1, 0.15) is 38.7 Å². The summed E-state index contributed by atoms with van der Waals surface area (Å²) >= 11 is 5.94.